The number of benzene rings is 1. The van der Waals surface area contributed by atoms with Crippen LogP contribution in [0, 0.1) is 6.92 Å². The van der Waals surface area contributed by atoms with Gasteiger partial charge >= 0.3 is 0 Å². The van der Waals surface area contributed by atoms with Gasteiger partial charge in [0.15, 0.2) is 11.5 Å². The van der Waals surface area contributed by atoms with Gasteiger partial charge in [0.1, 0.15) is 12.4 Å². The van der Waals surface area contributed by atoms with Crippen molar-refractivity contribution in [1.29, 1.82) is 0 Å². The lowest BCUT2D eigenvalue weighted by Crippen LogP contribution is -2.34. The fraction of sp³-hybridized carbons (Fsp3) is 0.450. The first-order valence-corrected chi connectivity index (χ1v) is 9.25. The van der Waals surface area contributed by atoms with E-state index in [9.17, 15) is 0 Å². The summed E-state index contributed by atoms with van der Waals surface area (Å²) in [6.45, 7) is 5.62. The van der Waals surface area contributed by atoms with E-state index in [1.807, 2.05) is 32.0 Å². The third kappa shape index (κ3) is 4.69. The number of ether oxygens (including phenoxy) is 3. The van der Waals surface area contributed by atoms with Gasteiger partial charge in [0.05, 0.1) is 25.5 Å². The fourth-order valence-corrected chi connectivity index (χ4v) is 2.93. The Morgan fingerprint density at radius 3 is 2.50 bits per heavy atom. The van der Waals surface area contributed by atoms with Crippen LogP contribution < -0.4 is 24.4 Å². The van der Waals surface area contributed by atoms with Crippen molar-refractivity contribution in [1.82, 2.24) is 15.3 Å². The molecule has 0 radical (unpaired) electrons. The van der Waals surface area contributed by atoms with Gasteiger partial charge < -0.3 is 24.4 Å². The molecule has 0 spiro atoms. The van der Waals surface area contributed by atoms with E-state index in [1.54, 1.807) is 14.2 Å². The Morgan fingerprint density at radius 1 is 1.07 bits per heavy atom. The second-order valence-corrected chi connectivity index (χ2v) is 6.51. The molecule has 1 aliphatic heterocycles. The third-order valence-electron chi connectivity index (χ3n) is 4.63. The van der Waals surface area contributed by atoms with Crippen LogP contribution in [0.3, 0.4) is 0 Å². The average Bonchev–Trinajstić information content (AvgIpc) is 2.74. The van der Waals surface area contributed by atoms with Crippen LogP contribution in [0.2, 0.25) is 0 Å². The summed E-state index contributed by atoms with van der Waals surface area (Å²) in [5, 5.41) is 7.53. The fourth-order valence-electron chi connectivity index (χ4n) is 2.93. The number of hydrogen-bond donors (Lipinski definition) is 1. The highest BCUT2D eigenvalue weighted by molar-refractivity contribution is 5.98. The Balaban J connectivity index is 1.73. The number of nitrogens with one attached hydrogen (secondary N) is 1. The van der Waals surface area contributed by atoms with Crippen molar-refractivity contribution in [3.63, 3.8) is 0 Å². The van der Waals surface area contributed by atoms with Crippen molar-refractivity contribution in [2.75, 3.05) is 27.3 Å². The van der Waals surface area contributed by atoms with Gasteiger partial charge in [0, 0.05) is 5.56 Å². The Hall–Kier alpha value is -2.87. The van der Waals surface area contributed by atoms with E-state index >= 15 is 0 Å². The number of nitrogens with zero attached hydrogens (tertiary/aromatic N) is 3. The van der Waals surface area contributed by atoms with Crippen molar-refractivity contribution in [3.05, 3.63) is 35.7 Å². The van der Waals surface area contributed by atoms with Crippen LogP contribution in [0.5, 0.6) is 23.3 Å². The van der Waals surface area contributed by atoms with E-state index in [0.29, 0.717) is 29.0 Å². The summed E-state index contributed by atoms with van der Waals surface area (Å²) in [7, 11) is 3.20. The largest absolute Gasteiger partial charge is 0.493 e. The van der Waals surface area contributed by atoms with Crippen molar-refractivity contribution >= 4 is 5.71 Å². The summed E-state index contributed by atoms with van der Waals surface area (Å²) in [6, 6.07) is 5.57. The van der Waals surface area contributed by atoms with Crippen LogP contribution in [0.1, 0.15) is 30.9 Å². The Bertz CT molecular complexity index is 835. The van der Waals surface area contributed by atoms with Crippen molar-refractivity contribution in [2.45, 2.75) is 32.8 Å². The van der Waals surface area contributed by atoms with Crippen LogP contribution in [0.4, 0.5) is 0 Å². The minimum absolute atomic E-state index is 0.153. The number of aromatic nitrogens is 2. The molecule has 0 bridgehead atoms. The van der Waals surface area contributed by atoms with E-state index in [4.69, 9.17) is 19.0 Å². The summed E-state index contributed by atoms with van der Waals surface area (Å²) in [6.07, 6.45) is 3.49. The summed E-state index contributed by atoms with van der Waals surface area (Å²) in [4.78, 5) is 14.0. The maximum Gasteiger partial charge on any atom is 0.258 e. The van der Waals surface area contributed by atoms with Crippen LogP contribution >= 0.6 is 0 Å². The molecule has 0 aliphatic carbocycles. The average molecular weight is 386 g/mol. The molecule has 150 valence electrons. The molecule has 2 aromatic rings. The maximum atomic E-state index is 6.02. The molecule has 1 fully saturated rings. The third-order valence-corrected chi connectivity index (χ3v) is 4.63. The lowest BCUT2D eigenvalue weighted by atomic mass is 10.1. The molecular formula is C20H26N4O4. The van der Waals surface area contributed by atoms with Gasteiger partial charge in [-0.3, -0.25) is 0 Å². The van der Waals surface area contributed by atoms with E-state index in [0.717, 1.165) is 37.1 Å². The molecule has 28 heavy (non-hydrogen) atoms. The van der Waals surface area contributed by atoms with E-state index in [2.05, 4.69) is 20.4 Å². The zero-order valence-electron chi connectivity index (χ0n) is 16.7. The van der Waals surface area contributed by atoms with Crippen LogP contribution in [-0.2, 0) is 0 Å². The molecule has 1 aromatic heterocycles. The predicted octanol–water partition coefficient (Wildman–Crippen LogP) is 2.74. The number of oxime groups is 1. The topological polar surface area (TPSA) is 87.1 Å². The second kappa shape index (κ2) is 9.36. The van der Waals surface area contributed by atoms with Gasteiger partial charge in [-0.1, -0.05) is 5.16 Å². The minimum Gasteiger partial charge on any atom is -0.493 e. The van der Waals surface area contributed by atoms with Gasteiger partial charge in [-0.15, -0.1) is 0 Å². The number of rotatable bonds is 7. The molecule has 1 N–H and O–H groups in total. The lowest BCUT2D eigenvalue weighted by Gasteiger charge is -2.23. The molecule has 8 nitrogen and oxygen atoms in total. The highest BCUT2D eigenvalue weighted by Crippen LogP contribution is 2.28. The minimum atomic E-state index is 0.153. The quantitative estimate of drug-likeness (QED) is 0.578. The van der Waals surface area contributed by atoms with Gasteiger partial charge in [0.25, 0.3) is 5.88 Å². The number of hydrogen-bond acceptors (Lipinski definition) is 8. The van der Waals surface area contributed by atoms with Gasteiger partial charge in [0.2, 0.25) is 5.88 Å². The van der Waals surface area contributed by atoms with Gasteiger partial charge in [-0.25, -0.2) is 4.98 Å². The molecule has 0 saturated carbocycles. The normalized spacial score (nSPS) is 15.2. The monoisotopic (exact) mass is 386 g/mol. The zero-order chi connectivity index (χ0) is 19.9. The highest BCUT2D eigenvalue weighted by Gasteiger charge is 2.18. The van der Waals surface area contributed by atoms with E-state index in [1.165, 1.54) is 6.33 Å². The van der Waals surface area contributed by atoms with E-state index < -0.39 is 0 Å². The molecular weight excluding hydrogens is 360 g/mol. The predicted molar refractivity (Wildman–Crippen MR) is 106 cm³/mol. The molecule has 0 amide bonds. The summed E-state index contributed by atoms with van der Waals surface area (Å²) in [5.74, 6) is 2.20. The van der Waals surface area contributed by atoms with E-state index in [-0.39, 0.29) is 6.10 Å². The van der Waals surface area contributed by atoms with Crippen LogP contribution in [-0.4, -0.2) is 49.1 Å². The second-order valence-electron chi connectivity index (χ2n) is 6.51. The SMILES string of the molecule is COc1ccc(C(C)=NOc2ncnc(OC3CCNCC3)c2C)cc1OC. The molecule has 3 rings (SSSR count). The van der Waals surface area contributed by atoms with Crippen molar-refractivity contribution in [3.8, 4) is 23.3 Å². The smallest absolute Gasteiger partial charge is 0.258 e. The van der Waals surface area contributed by atoms with Crippen molar-refractivity contribution in [2.24, 2.45) is 5.16 Å². The number of piperidine rings is 1. The zero-order valence-corrected chi connectivity index (χ0v) is 16.7. The lowest BCUT2D eigenvalue weighted by molar-refractivity contribution is 0.153. The Labute approximate surface area is 164 Å². The summed E-state index contributed by atoms with van der Waals surface area (Å²) in [5.41, 5.74) is 2.26. The van der Waals surface area contributed by atoms with Gasteiger partial charge in [-0.05, 0) is 58.0 Å². The standard InChI is InChI=1S/C20H26N4O4/c1-13-19(27-16-7-9-21-10-8-16)22-12-23-20(13)28-24-14(2)15-5-6-17(25-3)18(11-15)26-4/h5-6,11-12,16,21H,7-10H2,1-4H3. The molecule has 0 atom stereocenters. The molecule has 1 saturated heterocycles. The Morgan fingerprint density at radius 2 is 1.79 bits per heavy atom. The summed E-state index contributed by atoms with van der Waals surface area (Å²) < 4.78 is 16.6. The van der Waals surface area contributed by atoms with Crippen LogP contribution in [0.15, 0.2) is 29.7 Å². The molecule has 8 heteroatoms. The highest BCUT2D eigenvalue weighted by atomic mass is 16.6. The first kappa shape index (κ1) is 19.9. The van der Waals surface area contributed by atoms with Gasteiger partial charge in [-0.2, -0.15) is 4.98 Å². The molecule has 2 heterocycles. The molecule has 1 aliphatic rings. The first-order chi connectivity index (χ1) is 13.6. The van der Waals surface area contributed by atoms with Crippen molar-refractivity contribution < 1.29 is 19.0 Å². The first-order valence-electron chi connectivity index (χ1n) is 9.25. The van der Waals surface area contributed by atoms with Crippen LogP contribution in [0.25, 0.3) is 0 Å². The maximum absolute atomic E-state index is 6.02. The Kier molecular flexibility index (Phi) is 6.65. The molecule has 1 aromatic carbocycles. The molecule has 0 unspecified atom stereocenters. The number of methoxy groups -OCH3 is 2. The summed E-state index contributed by atoms with van der Waals surface area (Å²) >= 11 is 0.